The highest BCUT2D eigenvalue weighted by Gasteiger charge is 2.52. The zero-order valence-corrected chi connectivity index (χ0v) is 19.1. The van der Waals surface area contributed by atoms with Crippen molar-refractivity contribution in [3.63, 3.8) is 0 Å². The summed E-state index contributed by atoms with van der Waals surface area (Å²) < 4.78 is 27.9. The molecular weight excluding hydrogens is 478 g/mol. The third-order valence-corrected chi connectivity index (χ3v) is 5.01. The van der Waals surface area contributed by atoms with Gasteiger partial charge in [-0.25, -0.2) is 4.98 Å². The molecule has 10 nitrogen and oxygen atoms in total. The van der Waals surface area contributed by atoms with Gasteiger partial charge in [-0.05, 0) is 34.5 Å². The van der Waals surface area contributed by atoms with E-state index < -0.39 is 54.2 Å². The van der Waals surface area contributed by atoms with Crippen molar-refractivity contribution in [3.8, 4) is 5.88 Å². The second kappa shape index (κ2) is 11.1. The summed E-state index contributed by atoms with van der Waals surface area (Å²) >= 11 is 3.34. The molecule has 0 radical (unpaired) electrons. The number of ether oxygens (including phenoxy) is 5. The van der Waals surface area contributed by atoms with Crippen LogP contribution < -0.4 is 4.74 Å². The van der Waals surface area contributed by atoms with Gasteiger partial charge in [-0.3, -0.25) is 19.2 Å². The number of carbonyl (C=O) groups is 4. The quantitative estimate of drug-likeness (QED) is 0.403. The van der Waals surface area contributed by atoms with Crippen LogP contribution in [0, 0.1) is 5.92 Å². The molecule has 31 heavy (non-hydrogen) atoms. The molecule has 2 rings (SSSR count). The summed E-state index contributed by atoms with van der Waals surface area (Å²) in [4.78, 5) is 50.9. The van der Waals surface area contributed by atoms with E-state index in [1.54, 1.807) is 12.1 Å². The van der Waals surface area contributed by atoms with Gasteiger partial charge in [0.05, 0.1) is 11.1 Å². The minimum absolute atomic E-state index is 0.124. The van der Waals surface area contributed by atoms with Crippen molar-refractivity contribution in [2.45, 2.75) is 58.5 Å². The average Bonchev–Trinajstić information content (AvgIpc) is 2.65. The molecule has 0 spiro atoms. The molecule has 1 aromatic rings. The first kappa shape index (κ1) is 24.6. The fourth-order valence-electron chi connectivity index (χ4n) is 3.35. The molecule has 5 atom stereocenters. The Bertz CT molecular complexity index is 831. The lowest BCUT2D eigenvalue weighted by Gasteiger charge is -2.44. The summed E-state index contributed by atoms with van der Waals surface area (Å²) in [7, 11) is 0. The van der Waals surface area contributed by atoms with Gasteiger partial charge in [0.15, 0.2) is 12.2 Å². The molecule has 1 saturated carbocycles. The van der Waals surface area contributed by atoms with Crippen LogP contribution in [0.1, 0.15) is 34.1 Å². The van der Waals surface area contributed by atoms with Crippen LogP contribution in [0.2, 0.25) is 0 Å². The molecule has 0 N–H and O–H groups in total. The highest BCUT2D eigenvalue weighted by atomic mass is 79.9. The summed E-state index contributed by atoms with van der Waals surface area (Å²) in [5, 5.41) is 0. The van der Waals surface area contributed by atoms with Gasteiger partial charge >= 0.3 is 23.9 Å². The number of hydrogen-bond acceptors (Lipinski definition) is 10. The second-order valence-electron chi connectivity index (χ2n) is 6.97. The van der Waals surface area contributed by atoms with E-state index in [0.29, 0.717) is 4.47 Å². The first-order chi connectivity index (χ1) is 14.6. The van der Waals surface area contributed by atoms with Gasteiger partial charge in [0.25, 0.3) is 0 Å². The number of nitrogens with zero attached hydrogens (tertiary/aromatic N) is 1. The lowest BCUT2D eigenvalue weighted by molar-refractivity contribution is -0.213. The average molecular weight is 502 g/mol. The monoisotopic (exact) mass is 501 g/mol. The SMILES string of the molecule is CC(=O)OC[C@H]1C[C@H](Oc2ncccc2Br)[C@H](OC(C)=O)[C@@H](OC(C)=O)[C@@H]1OC(C)=O. The largest absolute Gasteiger partial charge is 0.469 e. The van der Waals surface area contributed by atoms with E-state index in [1.165, 1.54) is 33.9 Å². The van der Waals surface area contributed by atoms with Crippen LogP contribution in [0.3, 0.4) is 0 Å². The van der Waals surface area contributed by atoms with Crippen molar-refractivity contribution in [1.29, 1.82) is 0 Å². The standard InChI is InChI=1S/C20H24BrNO9/c1-10(23)27-9-14-8-16(31-20-15(21)6-5-7-22-20)18(29-12(3)25)19(30-13(4)26)17(14)28-11(2)24/h5-7,14,16-19H,8-9H2,1-4H3/t14-,16+,17-,18+,19+/m1/s1. The third kappa shape index (κ3) is 7.20. The van der Waals surface area contributed by atoms with Gasteiger partial charge in [0.1, 0.15) is 12.2 Å². The van der Waals surface area contributed by atoms with Gasteiger partial charge in [-0.1, -0.05) is 0 Å². The highest BCUT2D eigenvalue weighted by molar-refractivity contribution is 9.10. The van der Waals surface area contributed by atoms with Crippen LogP contribution in [-0.2, 0) is 38.1 Å². The van der Waals surface area contributed by atoms with Gasteiger partial charge in [-0.15, -0.1) is 0 Å². The Morgan fingerprint density at radius 3 is 2.06 bits per heavy atom. The van der Waals surface area contributed by atoms with E-state index in [0.717, 1.165) is 0 Å². The lowest BCUT2D eigenvalue weighted by Crippen LogP contribution is -2.60. The predicted molar refractivity (Wildman–Crippen MR) is 108 cm³/mol. The number of pyridine rings is 1. The maximum absolute atomic E-state index is 11.8. The maximum atomic E-state index is 11.8. The highest BCUT2D eigenvalue weighted by Crippen LogP contribution is 2.36. The Labute approximate surface area is 187 Å². The molecule has 1 aliphatic carbocycles. The van der Waals surface area contributed by atoms with Gasteiger partial charge in [-0.2, -0.15) is 0 Å². The first-order valence-electron chi connectivity index (χ1n) is 9.50. The van der Waals surface area contributed by atoms with E-state index >= 15 is 0 Å². The number of rotatable bonds is 7. The minimum Gasteiger partial charge on any atom is -0.469 e. The van der Waals surface area contributed by atoms with Crippen molar-refractivity contribution in [3.05, 3.63) is 22.8 Å². The number of hydrogen-bond donors (Lipinski definition) is 0. The van der Waals surface area contributed by atoms with Gasteiger partial charge in [0.2, 0.25) is 5.88 Å². The third-order valence-electron chi connectivity index (χ3n) is 4.41. The van der Waals surface area contributed by atoms with Crippen LogP contribution in [0.25, 0.3) is 0 Å². The molecule has 0 aliphatic heterocycles. The fourth-order valence-corrected chi connectivity index (χ4v) is 3.70. The Morgan fingerprint density at radius 2 is 1.52 bits per heavy atom. The molecule has 0 aromatic carbocycles. The van der Waals surface area contributed by atoms with E-state index in [1.807, 2.05) is 0 Å². The molecule has 0 unspecified atom stereocenters. The van der Waals surface area contributed by atoms with Crippen LogP contribution in [0.4, 0.5) is 0 Å². The normalized spacial score (nSPS) is 25.1. The van der Waals surface area contributed by atoms with Crippen LogP contribution in [0.5, 0.6) is 5.88 Å². The Morgan fingerprint density at radius 1 is 0.935 bits per heavy atom. The van der Waals surface area contributed by atoms with Gasteiger partial charge < -0.3 is 23.7 Å². The van der Waals surface area contributed by atoms with Gasteiger partial charge in [0, 0.05) is 39.8 Å². The first-order valence-corrected chi connectivity index (χ1v) is 10.3. The van der Waals surface area contributed by atoms with Crippen molar-refractivity contribution >= 4 is 39.8 Å². The molecule has 0 saturated heterocycles. The van der Waals surface area contributed by atoms with Crippen LogP contribution in [-0.4, -0.2) is 59.9 Å². The second-order valence-corrected chi connectivity index (χ2v) is 7.82. The number of esters is 4. The van der Waals surface area contributed by atoms with E-state index in [2.05, 4.69) is 20.9 Å². The van der Waals surface area contributed by atoms with Crippen molar-refractivity contribution in [2.75, 3.05) is 6.61 Å². The van der Waals surface area contributed by atoms with Crippen LogP contribution in [0.15, 0.2) is 22.8 Å². The maximum Gasteiger partial charge on any atom is 0.303 e. The van der Waals surface area contributed by atoms with E-state index in [4.69, 9.17) is 23.7 Å². The molecule has 0 amide bonds. The lowest BCUT2D eigenvalue weighted by atomic mass is 9.80. The minimum atomic E-state index is -1.19. The zero-order valence-electron chi connectivity index (χ0n) is 17.5. The Kier molecular flexibility index (Phi) is 8.78. The molecular formula is C20H24BrNO9. The smallest absolute Gasteiger partial charge is 0.303 e. The number of carbonyl (C=O) groups excluding carboxylic acids is 4. The fraction of sp³-hybridized carbons (Fsp3) is 0.550. The summed E-state index contributed by atoms with van der Waals surface area (Å²) in [6, 6.07) is 3.41. The molecule has 1 aromatic heterocycles. The molecule has 0 bridgehead atoms. The summed E-state index contributed by atoms with van der Waals surface area (Å²) in [5.41, 5.74) is 0. The number of halogens is 1. The number of aromatic nitrogens is 1. The summed E-state index contributed by atoms with van der Waals surface area (Å²) in [6.45, 7) is 4.69. The van der Waals surface area contributed by atoms with E-state index in [-0.39, 0.29) is 18.9 Å². The molecule has 1 fully saturated rings. The zero-order chi connectivity index (χ0) is 23.1. The van der Waals surface area contributed by atoms with Crippen molar-refractivity contribution in [1.82, 2.24) is 4.98 Å². The summed E-state index contributed by atoms with van der Waals surface area (Å²) in [5.74, 6) is -2.86. The molecule has 170 valence electrons. The molecule has 1 aliphatic rings. The Hall–Kier alpha value is -2.69. The van der Waals surface area contributed by atoms with E-state index in [9.17, 15) is 19.2 Å². The van der Waals surface area contributed by atoms with Crippen molar-refractivity contribution < 1.29 is 42.9 Å². The topological polar surface area (TPSA) is 127 Å². The molecule has 1 heterocycles. The molecule has 11 heteroatoms. The summed E-state index contributed by atoms with van der Waals surface area (Å²) in [6.07, 6.45) is -2.49. The van der Waals surface area contributed by atoms with Crippen LogP contribution >= 0.6 is 15.9 Å². The Balaban J connectivity index is 2.46. The predicted octanol–water partition coefficient (Wildman–Crippen LogP) is 1.97. The van der Waals surface area contributed by atoms with Crippen molar-refractivity contribution in [2.24, 2.45) is 5.92 Å².